The average Bonchev–Trinajstić information content (AvgIpc) is 2.57. The summed E-state index contributed by atoms with van der Waals surface area (Å²) in [6.07, 6.45) is 6.39. The molecule has 0 spiro atoms. The number of aromatic nitrogens is 1. The Kier molecular flexibility index (Phi) is 2.09. The van der Waals surface area contributed by atoms with Crippen LogP contribution in [0.15, 0.2) is 18.5 Å². The predicted molar refractivity (Wildman–Crippen MR) is 49.0 cm³/mol. The zero-order chi connectivity index (χ0) is 8.39. The van der Waals surface area contributed by atoms with Crippen molar-refractivity contribution in [1.82, 2.24) is 10.3 Å². The van der Waals surface area contributed by atoms with Gasteiger partial charge in [-0.1, -0.05) is 0 Å². The maximum Gasteiger partial charge on any atom is 0.0338 e. The summed E-state index contributed by atoms with van der Waals surface area (Å²) in [6.45, 7) is 3.30. The molecule has 12 heavy (non-hydrogen) atoms. The van der Waals surface area contributed by atoms with E-state index in [1.807, 2.05) is 12.4 Å². The third-order valence-corrected chi connectivity index (χ3v) is 2.52. The minimum Gasteiger partial charge on any atom is -0.310 e. The molecule has 0 radical (unpaired) electrons. The van der Waals surface area contributed by atoms with E-state index in [2.05, 4.69) is 23.3 Å². The van der Waals surface area contributed by atoms with Gasteiger partial charge >= 0.3 is 0 Å². The lowest BCUT2D eigenvalue weighted by molar-refractivity contribution is 0.641. The highest BCUT2D eigenvalue weighted by Gasteiger charge is 2.17. The maximum absolute atomic E-state index is 4.15. The second-order valence-corrected chi connectivity index (χ2v) is 3.38. The van der Waals surface area contributed by atoms with Gasteiger partial charge in [0.1, 0.15) is 0 Å². The Morgan fingerprint density at radius 2 is 2.50 bits per heavy atom. The average molecular weight is 162 g/mol. The van der Waals surface area contributed by atoms with E-state index < -0.39 is 0 Å². The van der Waals surface area contributed by atoms with Gasteiger partial charge < -0.3 is 5.32 Å². The van der Waals surface area contributed by atoms with Crippen molar-refractivity contribution in [3.8, 4) is 0 Å². The predicted octanol–water partition coefficient (Wildman–Crippen LogP) is 1.81. The Hall–Kier alpha value is -0.890. The molecule has 0 amide bonds. The van der Waals surface area contributed by atoms with Crippen LogP contribution in [0.5, 0.6) is 0 Å². The van der Waals surface area contributed by atoms with Crippen molar-refractivity contribution in [2.45, 2.75) is 25.8 Å². The third kappa shape index (κ3) is 1.34. The van der Waals surface area contributed by atoms with Crippen LogP contribution in [-0.2, 0) is 0 Å². The lowest BCUT2D eigenvalue weighted by atomic mass is 10.0. The van der Waals surface area contributed by atoms with Crippen molar-refractivity contribution in [3.05, 3.63) is 29.6 Å². The lowest BCUT2D eigenvalue weighted by Gasteiger charge is -2.12. The summed E-state index contributed by atoms with van der Waals surface area (Å²) in [5, 5.41) is 3.47. The molecular weight excluding hydrogens is 148 g/mol. The first kappa shape index (κ1) is 7.74. The molecule has 0 bridgehead atoms. The first-order chi connectivity index (χ1) is 5.88. The van der Waals surface area contributed by atoms with E-state index in [4.69, 9.17) is 0 Å². The van der Waals surface area contributed by atoms with Crippen LogP contribution < -0.4 is 5.32 Å². The van der Waals surface area contributed by atoms with Crippen molar-refractivity contribution < 1.29 is 0 Å². The number of nitrogens with one attached hydrogen (secondary N) is 1. The van der Waals surface area contributed by atoms with Crippen LogP contribution in [0.3, 0.4) is 0 Å². The van der Waals surface area contributed by atoms with Gasteiger partial charge in [0.15, 0.2) is 0 Å². The summed E-state index contributed by atoms with van der Waals surface area (Å²) in [5.41, 5.74) is 2.72. The topological polar surface area (TPSA) is 24.9 Å². The number of pyridine rings is 1. The van der Waals surface area contributed by atoms with Crippen LogP contribution in [0, 0.1) is 6.92 Å². The Morgan fingerprint density at radius 3 is 3.17 bits per heavy atom. The van der Waals surface area contributed by atoms with Crippen LogP contribution >= 0.6 is 0 Å². The van der Waals surface area contributed by atoms with Gasteiger partial charge in [0.25, 0.3) is 0 Å². The summed E-state index contributed by atoms with van der Waals surface area (Å²) in [6, 6.07) is 2.63. The summed E-state index contributed by atoms with van der Waals surface area (Å²) >= 11 is 0. The Labute approximate surface area is 73.0 Å². The summed E-state index contributed by atoms with van der Waals surface area (Å²) in [5.74, 6) is 0. The Bertz CT molecular complexity index is 264. The number of nitrogens with zero attached hydrogens (tertiary/aromatic N) is 1. The number of rotatable bonds is 1. The number of hydrogen-bond acceptors (Lipinski definition) is 2. The standard InChI is InChI=1S/C10H14N2/c1-8-4-6-11-7-9(8)10-3-2-5-12-10/h4,6-7,10,12H,2-3,5H2,1H3/t10-/m1/s1. The third-order valence-electron chi connectivity index (χ3n) is 2.52. The molecular formula is C10H14N2. The molecule has 1 aliphatic heterocycles. The highest BCUT2D eigenvalue weighted by molar-refractivity contribution is 5.25. The lowest BCUT2D eigenvalue weighted by Crippen LogP contribution is -2.14. The molecule has 1 atom stereocenters. The molecule has 1 N–H and O–H groups in total. The Morgan fingerprint density at radius 1 is 1.58 bits per heavy atom. The molecule has 1 aromatic rings. The molecule has 2 nitrogen and oxygen atoms in total. The van der Waals surface area contributed by atoms with E-state index in [9.17, 15) is 0 Å². The Balaban J connectivity index is 2.26. The van der Waals surface area contributed by atoms with Crippen LogP contribution in [0.4, 0.5) is 0 Å². The van der Waals surface area contributed by atoms with Crippen molar-refractivity contribution in [3.63, 3.8) is 0 Å². The molecule has 64 valence electrons. The fraction of sp³-hybridized carbons (Fsp3) is 0.500. The van der Waals surface area contributed by atoms with E-state index in [1.54, 1.807) is 0 Å². The van der Waals surface area contributed by atoms with E-state index in [1.165, 1.54) is 24.0 Å². The maximum atomic E-state index is 4.15. The second-order valence-electron chi connectivity index (χ2n) is 3.38. The van der Waals surface area contributed by atoms with Gasteiger partial charge in [-0.3, -0.25) is 4.98 Å². The molecule has 2 rings (SSSR count). The molecule has 0 aliphatic carbocycles. The highest BCUT2D eigenvalue weighted by atomic mass is 14.9. The molecule has 2 heteroatoms. The first-order valence-electron chi connectivity index (χ1n) is 4.52. The molecule has 0 saturated carbocycles. The van der Waals surface area contributed by atoms with Crippen LogP contribution in [0.1, 0.15) is 30.0 Å². The summed E-state index contributed by atoms with van der Waals surface area (Å²) < 4.78 is 0. The molecule has 0 unspecified atom stereocenters. The van der Waals surface area contributed by atoms with Gasteiger partial charge in [0.05, 0.1) is 0 Å². The molecule has 2 heterocycles. The highest BCUT2D eigenvalue weighted by Crippen LogP contribution is 2.24. The quantitative estimate of drug-likeness (QED) is 0.681. The van der Waals surface area contributed by atoms with Gasteiger partial charge in [-0.15, -0.1) is 0 Å². The fourth-order valence-corrected chi connectivity index (χ4v) is 1.79. The van der Waals surface area contributed by atoms with Crippen molar-refractivity contribution in [2.24, 2.45) is 0 Å². The van der Waals surface area contributed by atoms with Crippen LogP contribution in [0.25, 0.3) is 0 Å². The molecule has 1 aromatic heterocycles. The SMILES string of the molecule is Cc1ccncc1[C@H]1CCCN1. The zero-order valence-electron chi connectivity index (χ0n) is 7.38. The van der Waals surface area contributed by atoms with Crippen LogP contribution in [0.2, 0.25) is 0 Å². The molecule has 0 aromatic carbocycles. The van der Waals surface area contributed by atoms with Gasteiger partial charge in [-0.2, -0.15) is 0 Å². The van der Waals surface area contributed by atoms with Gasteiger partial charge in [0, 0.05) is 18.4 Å². The summed E-state index contributed by atoms with van der Waals surface area (Å²) in [4.78, 5) is 4.15. The molecule has 1 saturated heterocycles. The van der Waals surface area contributed by atoms with E-state index in [0.29, 0.717) is 6.04 Å². The zero-order valence-corrected chi connectivity index (χ0v) is 7.38. The monoisotopic (exact) mass is 162 g/mol. The van der Waals surface area contributed by atoms with Gasteiger partial charge in [-0.05, 0) is 43.5 Å². The minimum atomic E-state index is 0.554. The fourth-order valence-electron chi connectivity index (χ4n) is 1.79. The van der Waals surface area contributed by atoms with Crippen LogP contribution in [-0.4, -0.2) is 11.5 Å². The first-order valence-corrected chi connectivity index (χ1v) is 4.52. The number of aryl methyl sites for hydroxylation is 1. The van der Waals surface area contributed by atoms with E-state index >= 15 is 0 Å². The van der Waals surface area contributed by atoms with Crippen molar-refractivity contribution in [1.29, 1.82) is 0 Å². The van der Waals surface area contributed by atoms with Crippen molar-refractivity contribution in [2.75, 3.05) is 6.54 Å². The van der Waals surface area contributed by atoms with Crippen molar-refractivity contribution >= 4 is 0 Å². The summed E-state index contributed by atoms with van der Waals surface area (Å²) in [7, 11) is 0. The molecule has 1 aliphatic rings. The number of hydrogen-bond donors (Lipinski definition) is 1. The van der Waals surface area contributed by atoms with E-state index in [-0.39, 0.29) is 0 Å². The largest absolute Gasteiger partial charge is 0.310 e. The molecule has 1 fully saturated rings. The van der Waals surface area contributed by atoms with Gasteiger partial charge in [0.2, 0.25) is 0 Å². The smallest absolute Gasteiger partial charge is 0.0338 e. The second kappa shape index (κ2) is 3.23. The normalized spacial score (nSPS) is 22.9. The minimum absolute atomic E-state index is 0.554. The van der Waals surface area contributed by atoms with E-state index in [0.717, 1.165) is 6.54 Å². The van der Waals surface area contributed by atoms with Gasteiger partial charge in [-0.25, -0.2) is 0 Å².